The molecular formula is C8H14O5. The van der Waals surface area contributed by atoms with Gasteiger partial charge in [0.2, 0.25) is 0 Å². The Labute approximate surface area is 76.9 Å². The van der Waals surface area contributed by atoms with Gasteiger partial charge in [-0.1, -0.05) is 0 Å². The van der Waals surface area contributed by atoms with Crippen molar-refractivity contribution in [3.63, 3.8) is 0 Å². The van der Waals surface area contributed by atoms with Crippen LogP contribution < -0.4 is 0 Å². The maximum atomic E-state index is 10.6. The third-order valence-corrected chi connectivity index (χ3v) is 1.62. The van der Waals surface area contributed by atoms with E-state index in [4.69, 9.17) is 14.2 Å². The minimum absolute atomic E-state index is 0.163. The van der Waals surface area contributed by atoms with Crippen LogP contribution in [-0.2, 0) is 18.9 Å². The molecule has 0 aromatic carbocycles. The molecule has 0 aromatic rings. The number of hydrogen-bond donors (Lipinski definition) is 0. The fourth-order valence-corrected chi connectivity index (χ4v) is 1.07. The van der Waals surface area contributed by atoms with Gasteiger partial charge in [-0.15, -0.1) is 0 Å². The summed E-state index contributed by atoms with van der Waals surface area (Å²) in [5.41, 5.74) is 0. The Morgan fingerprint density at radius 2 is 2.31 bits per heavy atom. The van der Waals surface area contributed by atoms with Crippen molar-refractivity contribution < 1.29 is 23.7 Å². The molecule has 0 saturated carbocycles. The van der Waals surface area contributed by atoms with Crippen LogP contribution in [0.2, 0.25) is 0 Å². The highest BCUT2D eigenvalue weighted by atomic mass is 16.8. The first-order chi connectivity index (χ1) is 6.03. The largest absolute Gasteiger partial charge is 0.508 e. The number of methoxy groups -OCH3 is 1. The van der Waals surface area contributed by atoms with E-state index in [2.05, 4.69) is 4.74 Å². The molecule has 1 unspecified atom stereocenters. The summed E-state index contributed by atoms with van der Waals surface area (Å²) in [5.74, 6) is -0.579. The van der Waals surface area contributed by atoms with Crippen LogP contribution in [0.25, 0.3) is 0 Å². The average molecular weight is 190 g/mol. The van der Waals surface area contributed by atoms with Crippen LogP contribution in [0.3, 0.4) is 0 Å². The highest BCUT2D eigenvalue weighted by Gasteiger charge is 2.33. The van der Waals surface area contributed by atoms with Crippen LogP contribution in [0, 0.1) is 0 Å². The molecule has 1 aliphatic heterocycles. The van der Waals surface area contributed by atoms with Gasteiger partial charge < -0.3 is 18.9 Å². The molecular weight excluding hydrogens is 176 g/mol. The molecule has 0 bridgehead atoms. The molecule has 0 aliphatic carbocycles. The van der Waals surface area contributed by atoms with Crippen molar-refractivity contribution in [3.8, 4) is 0 Å². The number of ether oxygens (including phenoxy) is 4. The monoisotopic (exact) mass is 190 g/mol. The predicted octanol–water partition coefficient (Wildman–Crippen LogP) is 0.921. The molecule has 13 heavy (non-hydrogen) atoms. The van der Waals surface area contributed by atoms with Gasteiger partial charge in [-0.25, -0.2) is 4.79 Å². The zero-order valence-electron chi connectivity index (χ0n) is 8.03. The first-order valence-corrected chi connectivity index (χ1v) is 4.06. The number of rotatable bonds is 2. The van der Waals surface area contributed by atoms with Crippen molar-refractivity contribution in [1.29, 1.82) is 0 Å². The topological polar surface area (TPSA) is 54.0 Å². The highest BCUT2D eigenvalue weighted by Crippen LogP contribution is 2.22. The molecule has 5 heteroatoms. The lowest BCUT2D eigenvalue weighted by Gasteiger charge is -2.16. The summed E-state index contributed by atoms with van der Waals surface area (Å²) in [6, 6.07) is 0. The third kappa shape index (κ3) is 3.20. The van der Waals surface area contributed by atoms with Crippen LogP contribution in [0.5, 0.6) is 0 Å². The normalized spacial score (nSPS) is 25.6. The van der Waals surface area contributed by atoms with Crippen LogP contribution >= 0.6 is 0 Å². The SMILES string of the molecule is COC(=O)OCC1COC(C)(C)O1. The zero-order chi connectivity index (χ0) is 9.90. The predicted molar refractivity (Wildman–Crippen MR) is 43.3 cm³/mol. The van der Waals surface area contributed by atoms with Crippen LogP contribution in [0.1, 0.15) is 13.8 Å². The van der Waals surface area contributed by atoms with Crippen molar-refractivity contribution in [2.75, 3.05) is 20.3 Å². The van der Waals surface area contributed by atoms with Crippen molar-refractivity contribution in [3.05, 3.63) is 0 Å². The van der Waals surface area contributed by atoms with Gasteiger partial charge in [0, 0.05) is 0 Å². The molecule has 76 valence electrons. The van der Waals surface area contributed by atoms with E-state index in [0.29, 0.717) is 6.61 Å². The second-order valence-electron chi connectivity index (χ2n) is 3.22. The molecule has 1 rings (SSSR count). The summed E-state index contributed by atoms with van der Waals surface area (Å²) in [4.78, 5) is 10.6. The molecule has 0 amide bonds. The maximum absolute atomic E-state index is 10.6. The second kappa shape index (κ2) is 3.93. The first kappa shape index (κ1) is 10.3. The lowest BCUT2D eigenvalue weighted by atomic mass is 10.4. The van der Waals surface area contributed by atoms with E-state index in [1.54, 1.807) is 0 Å². The van der Waals surface area contributed by atoms with E-state index < -0.39 is 11.9 Å². The highest BCUT2D eigenvalue weighted by molar-refractivity contribution is 5.59. The van der Waals surface area contributed by atoms with E-state index in [-0.39, 0.29) is 12.7 Å². The van der Waals surface area contributed by atoms with E-state index in [9.17, 15) is 4.79 Å². The summed E-state index contributed by atoms with van der Waals surface area (Å²) in [5, 5.41) is 0. The Balaban J connectivity index is 2.21. The smallest absolute Gasteiger partial charge is 0.438 e. The fraction of sp³-hybridized carbons (Fsp3) is 0.875. The zero-order valence-corrected chi connectivity index (χ0v) is 8.03. The summed E-state index contributed by atoms with van der Waals surface area (Å²) in [6.45, 7) is 4.22. The first-order valence-electron chi connectivity index (χ1n) is 4.06. The van der Waals surface area contributed by atoms with Gasteiger partial charge in [-0.05, 0) is 13.8 Å². The Kier molecular flexibility index (Phi) is 3.11. The standard InChI is InChI=1S/C8H14O5/c1-8(2)12-5-6(13-8)4-11-7(9)10-3/h6H,4-5H2,1-3H3. The minimum atomic E-state index is -0.701. The Hall–Kier alpha value is -0.810. The Bertz CT molecular complexity index is 189. The molecule has 1 heterocycles. The molecule has 1 saturated heterocycles. The lowest BCUT2D eigenvalue weighted by Crippen LogP contribution is -2.25. The molecule has 1 fully saturated rings. The average Bonchev–Trinajstić information content (AvgIpc) is 2.41. The van der Waals surface area contributed by atoms with Crippen molar-refractivity contribution in [1.82, 2.24) is 0 Å². The molecule has 1 aliphatic rings. The molecule has 0 spiro atoms. The van der Waals surface area contributed by atoms with Gasteiger partial charge >= 0.3 is 6.16 Å². The summed E-state index contributed by atoms with van der Waals surface area (Å²) in [6.07, 6.45) is -0.901. The van der Waals surface area contributed by atoms with Crippen molar-refractivity contribution >= 4 is 6.16 Å². The molecule has 0 aromatic heterocycles. The Morgan fingerprint density at radius 3 is 2.77 bits per heavy atom. The molecule has 0 N–H and O–H groups in total. The number of carbonyl (C=O) groups is 1. The summed E-state index contributed by atoms with van der Waals surface area (Å²) >= 11 is 0. The minimum Gasteiger partial charge on any atom is -0.438 e. The van der Waals surface area contributed by atoms with Gasteiger partial charge in [0.1, 0.15) is 12.7 Å². The number of carbonyl (C=O) groups excluding carboxylic acids is 1. The van der Waals surface area contributed by atoms with Gasteiger partial charge in [-0.2, -0.15) is 0 Å². The van der Waals surface area contributed by atoms with Crippen LogP contribution in [0.4, 0.5) is 4.79 Å². The van der Waals surface area contributed by atoms with E-state index in [1.807, 2.05) is 13.8 Å². The van der Waals surface area contributed by atoms with Gasteiger partial charge in [0.05, 0.1) is 13.7 Å². The van der Waals surface area contributed by atoms with Gasteiger partial charge in [-0.3, -0.25) is 0 Å². The van der Waals surface area contributed by atoms with Crippen molar-refractivity contribution in [2.45, 2.75) is 25.7 Å². The quantitative estimate of drug-likeness (QED) is 0.606. The van der Waals surface area contributed by atoms with E-state index >= 15 is 0 Å². The van der Waals surface area contributed by atoms with Gasteiger partial charge in [0.15, 0.2) is 5.79 Å². The molecule has 0 radical (unpaired) electrons. The maximum Gasteiger partial charge on any atom is 0.508 e. The third-order valence-electron chi connectivity index (χ3n) is 1.62. The summed E-state index contributed by atoms with van der Waals surface area (Å²) < 4.78 is 19.7. The van der Waals surface area contributed by atoms with Gasteiger partial charge in [0.25, 0.3) is 0 Å². The van der Waals surface area contributed by atoms with Crippen LogP contribution in [-0.4, -0.2) is 38.4 Å². The second-order valence-corrected chi connectivity index (χ2v) is 3.22. The number of hydrogen-bond acceptors (Lipinski definition) is 5. The summed E-state index contributed by atoms with van der Waals surface area (Å²) in [7, 11) is 1.26. The fourth-order valence-electron chi connectivity index (χ4n) is 1.07. The van der Waals surface area contributed by atoms with E-state index in [1.165, 1.54) is 7.11 Å². The molecule has 5 nitrogen and oxygen atoms in total. The Morgan fingerprint density at radius 1 is 1.62 bits per heavy atom. The molecule has 1 atom stereocenters. The van der Waals surface area contributed by atoms with Crippen molar-refractivity contribution in [2.24, 2.45) is 0 Å². The van der Waals surface area contributed by atoms with E-state index in [0.717, 1.165) is 0 Å². The van der Waals surface area contributed by atoms with Crippen LogP contribution in [0.15, 0.2) is 0 Å². The lowest BCUT2D eigenvalue weighted by molar-refractivity contribution is -0.143.